The van der Waals surface area contributed by atoms with Gasteiger partial charge in [-0.25, -0.2) is 0 Å². The number of fused-ring (bicyclic) bond motifs is 1. The molecular weight excluding hydrogens is 234 g/mol. The van der Waals surface area contributed by atoms with Gasteiger partial charge in [0.1, 0.15) is 0 Å². The smallest absolute Gasteiger partial charge is 0.0499 e. The maximum atomic E-state index is 9.75. The summed E-state index contributed by atoms with van der Waals surface area (Å²) >= 11 is 0. The van der Waals surface area contributed by atoms with Gasteiger partial charge in [0.05, 0.1) is 0 Å². The number of hydrogen-bond acceptors (Lipinski definition) is 2. The van der Waals surface area contributed by atoms with Crippen molar-refractivity contribution in [3.8, 4) is 0 Å². The standard InChI is InChI=1S/C17H27NO/c1-3-17(4-2,14-19)13-18-11-7-10-15-8-5-6-9-16(15)12-18/h5-6,8-9,19H,3-4,7,10-14H2,1-2H3. The molecule has 1 aromatic rings. The van der Waals surface area contributed by atoms with Gasteiger partial charge in [0.25, 0.3) is 0 Å². The van der Waals surface area contributed by atoms with E-state index in [9.17, 15) is 5.11 Å². The predicted octanol–water partition coefficient (Wildman–Crippen LogP) is 3.23. The minimum Gasteiger partial charge on any atom is -0.396 e. The Balaban J connectivity index is 2.10. The zero-order valence-electron chi connectivity index (χ0n) is 12.4. The fourth-order valence-corrected chi connectivity index (χ4v) is 3.13. The fourth-order valence-electron chi connectivity index (χ4n) is 3.13. The first kappa shape index (κ1) is 14.5. The quantitative estimate of drug-likeness (QED) is 0.879. The van der Waals surface area contributed by atoms with Crippen molar-refractivity contribution < 1.29 is 5.11 Å². The molecule has 0 aromatic heterocycles. The first-order chi connectivity index (χ1) is 9.23. The van der Waals surface area contributed by atoms with E-state index in [1.807, 2.05) is 0 Å². The van der Waals surface area contributed by atoms with Crippen LogP contribution >= 0.6 is 0 Å². The molecule has 0 saturated heterocycles. The van der Waals surface area contributed by atoms with Gasteiger partial charge in [0.2, 0.25) is 0 Å². The summed E-state index contributed by atoms with van der Waals surface area (Å²) in [6.07, 6.45) is 4.53. The summed E-state index contributed by atoms with van der Waals surface area (Å²) in [6, 6.07) is 8.80. The molecule has 0 bridgehead atoms. The molecule has 0 amide bonds. The van der Waals surface area contributed by atoms with Crippen molar-refractivity contribution in [3.05, 3.63) is 35.4 Å². The van der Waals surface area contributed by atoms with Crippen LogP contribution in [-0.4, -0.2) is 29.7 Å². The van der Waals surface area contributed by atoms with Gasteiger partial charge in [-0.2, -0.15) is 0 Å². The van der Waals surface area contributed by atoms with Crippen molar-refractivity contribution in [1.82, 2.24) is 4.90 Å². The number of hydrogen-bond donors (Lipinski definition) is 1. The number of aryl methyl sites for hydroxylation is 1. The van der Waals surface area contributed by atoms with Gasteiger partial charge in [-0.3, -0.25) is 4.90 Å². The molecule has 1 N–H and O–H groups in total. The van der Waals surface area contributed by atoms with E-state index in [0.29, 0.717) is 6.61 Å². The Morgan fingerprint density at radius 3 is 2.47 bits per heavy atom. The van der Waals surface area contributed by atoms with Gasteiger partial charge in [-0.05, 0) is 43.4 Å². The third-order valence-corrected chi connectivity index (χ3v) is 4.83. The van der Waals surface area contributed by atoms with Gasteiger partial charge in [0.15, 0.2) is 0 Å². The van der Waals surface area contributed by atoms with Crippen molar-refractivity contribution in [1.29, 1.82) is 0 Å². The average Bonchev–Trinajstić information content (AvgIpc) is 2.66. The first-order valence-corrected chi connectivity index (χ1v) is 7.63. The van der Waals surface area contributed by atoms with Gasteiger partial charge in [-0.1, -0.05) is 38.1 Å². The number of aliphatic hydroxyl groups excluding tert-OH is 1. The first-order valence-electron chi connectivity index (χ1n) is 7.63. The zero-order valence-corrected chi connectivity index (χ0v) is 12.4. The second-order valence-electron chi connectivity index (χ2n) is 5.95. The van der Waals surface area contributed by atoms with Gasteiger partial charge >= 0.3 is 0 Å². The van der Waals surface area contributed by atoms with Crippen LogP contribution in [0.25, 0.3) is 0 Å². The minimum atomic E-state index is 0.0826. The van der Waals surface area contributed by atoms with E-state index in [2.05, 4.69) is 43.0 Å². The monoisotopic (exact) mass is 261 g/mol. The lowest BCUT2D eigenvalue weighted by Crippen LogP contribution is -2.39. The van der Waals surface area contributed by atoms with E-state index >= 15 is 0 Å². The minimum absolute atomic E-state index is 0.0826. The lowest BCUT2D eigenvalue weighted by Gasteiger charge is -2.35. The summed E-state index contributed by atoms with van der Waals surface area (Å²) in [7, 11) is 0. The van der Waals surface area contributed by atoms with Crippen molar-refractivity contribution in [3.63, 3.8) is 0 Å². The summed E-state index contributed by atoms with van der Waals surface area (Å²) in [5.41, 5.74) is 3.06. The van der Waals surface area contributed by atoms with Crippen LogP contribution in [0.5, 0.6) is 0 Å². The van der Waals surface area contributed by atoms with E-state index in [-0.39, 0.29) is 5.41 Å². The van der Waals surface area contributed by atoms with Crippen molar-refractivity contribution >= 4 is 0 Å². The molecule has 1 aromatic carbocycles. The Morgan fingerprint density at radius 2 is 1.84 bits per heavy atom. The molecule has 0 radical (unpaired) electrons. The fraction of sp³-hybridized carbons (Fsp3) is 0.647. The zero-order chi connectivity index (χ0) is 13.7. The Hall–Kier alpha value is -0.860. The lowest BCUT2D eigenvalue weighted by atomic mass is 9.82. The third kappa shape index (κ3) is 3.37. The van der Waals surface area contributed by atoms with E-state index in [1.54, 1.807) is 0 Å². The second kappa shape index (κ2) is 6.53. The summed E-state index contributed by atoms with van der Waals surface area (Å²) in [4.78, 5) is 2.54. The van der Waals surface area contributed by atoms with Crippen molar-refractivity contribution in [2.45, 2.75) is 46.1 Å². The van der Waals surface area contributed by atoms with E-state index in [0.717, 1.165) is 32.5 Å². The molecule has 0 saturated carbocycles. The highest BCUT2D eigenvalue weighted by atomic mass is 16.3. The van der Waals surface area contributed by atoms with E-state index in [1.165, 1.54) is 24.0 Å². The van der Waals surface area contributed by atoms with Gasteiger partial charge in [-0.15, -0.1) is 0 Å². The normalized spacial score (nSPS) is 17.0. The molecule has 0 aliphatic carbocycles. The molecule has 19 heavy (non-hydrogen) atoms. The summed E-state index contributed by atoms with van der Waals surface area (Å²) < 4.78 is 0. The molecular formula is C17H27NO. The van der Waals surface area contributed by atoms with E-state index < -0.39 is 0 Å². The second-order valence-corrected chi connectivity index (χ2v) is 5.95. The molecule has 0 atom stereocenters. The molecule has 2 heteroatoms. The highest BCUT2D eigenvalue weighted by molar-refractivity contribution is 5.28. The summed E-state index contributed by atoms with van der Waals surface area (Å²) in [5.74, 6) is 0. The Bertz CT molecular complexity index is 390. The SMILES string of the molecule is CCC(CC)(CO)CN1CCCc2ccccc2C1. The molecule has 1 aliphatic rings. The van der Waals surface area contributed by atoms with Crippen molar-refractivity contribution in [2.75, 3.05) is 19.7 Å². The molecule has 0 unspecified atom stereocenters. The highest BCUT2D eigenvalue weighted by Crippen LogP contribution is 2.29. The summed E-state index contributed by atoms with van der Waals surface area (Å²) in [5, 5.41) is 9.75. The van der Waals surface area contributed by atoms with Crippen LogP contribution in [0.15, 0.2) is 24.3 Å². The number of rotatable bonds is 5. The van der Waals surface area contributed by atoms with Crippen molar-refractivity contribution in [2.24, 2.45) is 5.41 Å². The maximum Gasteiger partial charge on any atom is 0.0499 e. The Labute approximate surface area is 117 Å². The maximum absolute atomic E-state index is 9.75. The van der Waals surface area contributed by atoms with Crippen LogP contribution in [0.1, 0.15) is 44.2 Å². The average molecular weight is 261 g/mol. The molecule has 2 rings (SSSR count). The molecule has 106 valence electrons. The largest absolute Gasteiger partial charge is 0.396 e. The molecule has 0 spiro atoms. The van der Waals surface area contributed by atoms with Crippen LogP contribution in [0.2, 0.25) is 0 Å². The molecule has 0 fully saturated rings. The predicted molar refractivity (Wildman–Crippen MR) is 80.1 cm³/mol. The number of aliphatic hydroxyl groups is 1. The topological polar surface area (TPSA) is 23.5 Å². The molecule has 1 heterocycles. The molecule has 1 aliphatic heterocycles. The van der Waals surface area contributed by atoms with Crippen LogP contribution in [0.4, 0.5) is 0 Å². The van der Waals surface area contributed by atoms with Crippen LogP contribution in [0.3, 0.4) is 0 Å². The Morgan fingerprint density at radius 1 is 1.16 bits per heavy atom. The third-order valence-electron chi connectivity index (χ3n) is 4.83. The Kier molecular flexibility index (Phi) is 5.00. The van der Waals surface area contributed by atoms with E-state index in [4.69, 9.17) is 0 Å². The van der Waals surface area contributed by atoms with Crippen LogP contribution in [0, 0.1) is 5.41 Å². The van der Waals surface area contributed by atoms with Gasteiger partial charge in [0, 0.05) is 25.1 Å². The lowest BCUT2D eigenvalue weighted by molar-refractivity contribution is 0.0631. The number of benzene rings is 1. The van der Waals surface area contributed by atoms with Crippen LogP contribution in [-0.2, 0) is 13.0 Å². The van der Waals surface area contributed by atoms with Crippen LogP contribution < -0.4 is 0 Å². The summed E-state index contributed by atoms with van der Waals surface area (Å²) in [6.45, 7) is 7.91. The number of nitrogens with zero attached hydrogens (tertiary/aromatic N) is 1. The van der Waals surface area contributed by atoms with Gasteiger partial charge < -0.3 is 5.11 Å². The highest BCUT2D eigenvalue weighted by Gasteiger charge is 2.28. The molecule has 2 nitrogen and oxygen atoms in total.